The summed E-state index contributed by atoms with van der Waals surface area (Å²) in [7, 11) is 0. The minimum atomic E-state index is -4.71. The Kier molecular flexibility index (Phi) is 5.28. The van der Waals surface area contributed by atoms with Crippen molar-refractivity contribution in [2.24, 2.45) is 0 Å². The molecule has 10 heteroatoms. The van der Waals surface area contributed by atoms with Crippen molar-refractivity contribution < 1.29 is 22.8 Å². The molecule has 1 heterocycles. The van der Waals surface area contributed by atoms with Crippen LogP contribution >= 0.6 is 11.6 Å². The molecule has 0 atom stereocenters. The summed E-state index contributed by atoms with van der Waals surface area (Å²) in [5.41, 5.74) is 0.964. The van der Waals surface area contributed by atoms with Crippen molar-refractivity contribution in [1.82, 2.24) is 9.55 Å². The zero-order chi connectivity index (χ0) is 20.5. The Balaban J connectivity index is 1.85. The van der Waals surface area contributed by atoms with Gasteiger partial charge in [0.15, 0.2) is 0 Å². The molecule has 28 heavy (non-hydrogen) atoms. The molecule has 0 aliphatic heterocycles. The van der Waals surface area contributed by atoms with Crippen LogP contribution in [0.15, 0.2) is 42.5 Å². The van der Waals surface area contributed by atoms with E-state index in [1.807, 2.05) is 0 Å². The molecule has 0 radical (unpaired) electrons. The van der Waals surface area contributed by atoms with Crippen LogP contribution < -0.4 is 10.6 Å². The first kappa shape index (κ1) is 19.7. The molecule has 2 N–H and O–H groups in total. The first-order valence-corrected chi connectivity index (χ1v) is 8.42. The van der Waals surface area contributed by atoms with Crippen LogP contribution in [0.4, 0.5) is 24.5 Å². The van der Waals surface area contributed by atoms with Crippen LogP contribution in [-0.2, 0) is 22.3 Å². The average molecular weight is 411 g/mol. The van der Waals surface area contributed by atoms with Gasteiger partial charge in [-0.25, -0.2) is 4.98 Å². The van der Waals surface area contributed by atoms with Gasteiger partial charge in [-0.2, -0.15) is 13.2 Å². The van der Waals surface area contributed by atoms with Crippen LogP contribution in [0.25, 0.3) is 11.0 Å². The number of hydrogen-bond acceptors (Lipinski definition) is 3. The van der Waals surface area contributed by atoms with Crippen molar-refractivity contribution in [3.8, 4) is 0 Å². The molecule has 0 bridgehead atoms. The van der Waals surface area contributed by atoms with Crippen molar-refractivity contribution in [2.45, 2.75) is 19.6 Å². The third-order valence-corrected chi connectivity index (χ3v) is 4.09. The highest BCUT2D eigenvalue weighted by molar-refractivity contribution is 6.34. The molecule has 1 aromatic heterocycles. The minimum Gasteiger partial charge on any atom is -0.326 e. The number of para-hydroxylation sites is 2. The topological polar surface area (TPSA) is 76.0 Å². The van der Waals surface area contributed by atoms with Crippen LogP contribution in [0.3, 0.4) is 0 Å². The van der Waals surface area contributed by atoms with E-state index in [-0.39, 0.29) is 27.7 Å². The molecule has 3 rings (SSSR count). The number of nitrogens with one attached hydrogen (secondary N) is 2. The predicted molar refractivity (Wildman–Crippen MR) is 99.1 cm³/mol. The number of benzene rings is 2. The van der Waals surface area contributed by atoms with Gasteiger partial charge in [0.2, 0.25) is 17.6 Å². The Morgan fingerprint density at radius 3 is 2.50 bits per heavy atom. The largest absolute Gasteiger partial charge is 0.449 e. The predicted octanol–water partition coefficient (Wildman–Crippen LogP) is 4.31. The van der Waals surface area contributed by atoms with Gasteiger partial charge in [-0.05, 0) is 30.3 Å². The van der Waals surface area contributed by atoms with Gasteiger partial charge in [-0.1, -0.05) is 23.7 Å². The number of fused-ring (bicyclic) bond motifs is 1. The summed E-state index contributed by atoms with van der Waals surface area (Å²) in [4.78, 5) is 27.0. The summed E-state index contributed by atoms with van der Waals surface area (Å²) >= 11 is 6.07. The summed E-state index contributed by atoms with van der Waals surface area (Å²) in [5, 5.41) is 5.14. The molecule has 146 valence electrons. The fraction of sp³-hybridized carbons (Fsp3) is 0.167. The fourth-order valence-electron chi connectivity index (χ4n) is 2.68. The Morgan fingerprint density at radius 1 is 1.14 bits per heavy atom. The molecule has 2 amide bonds. The first-order chi connectivity index (χ1) is 13.1. The van der Waals surface area contributed by atoms with Crippen LogP contribution in [0, 0.1) is 0 Å². The SMILES string of the molecule is CC(=O)Nc1ccc(NC(=O)Cn2c(C(F)(F)F)nc3ccccc32)c(Cl)c1. The zero-order valence-electron chi connectivity index (χ0n) is 14.5. The number of rotatable bonds is 4. The highest BCUT2D eigenvalue weighted by Gasteiger charge is 2.38. The molecule has 0 fully saturated rings. The number of nitrogens with zero attached hydrogens (tertiary/aromatic N) is 2. The van der Waals surface area contributed by atoms with Gasteiger partial charge < -0.3 is 15.2 Å². The van der Waals surface area contributed by atoms with E-state index in [1.165, 1.54) is 37.3 Å². The van der Waals surface area contributed by atoms with E-state index >= 15 is 0 Å². The van der Waals surface area contributed by atoms with Gasteiger partial charge in [0, 0.05) is 12.6 Å². The number of imidazole rings is 1. The highest BCUT2D eigenvalue weighted by Crippen LogP contribution is 2.32. The second kappa shape index (κ2) is 7.51. The maximum absolute atomic E-state index is 13.3. The van der Waals surface area contributed by atoms with Crippen LogP contribution in [0.2, 0.25) is 5.02 Å². The molecule has 0 spiro atoms. The van der Waals surface area contributed by atoms with E-state index in [0.717, 1.165) is 4.57 Å². The molecule has 2 aromatic carbocycles. The summed E-state index contributed by atoms with van der Waals surface area (Å²) in [5.74, 6) is -2.15. The second-order valence-electron chi connectivity index (χ2n) is 5.93. The van der Waals surface area contributed by atoms with E-state index < -0.39 is 24.5 Å². The van der Waals surface area contributed by atoms with Crippen molar-refractivity contribution in [3.05, 3.63) is 53.3 Å². The van der Waals surface area contributed by atoms with Crippen LogP contribution in [0.5, 0.6) is 0 Å². The zero-order valence-corrected chi connectivity index (χ0v) is 15.2. The Hall–Kier alpha value is -3.07. The van der Waals surface area contributed by atoms with Gasteiger partial charge in [0.1, 0.15) is 6.54 Å². The second-order valence-corrected chi connectivity index (χ2v) is 6.34. The average Bonchev–Trinajstić information content (AvgIpc) is 2.96. The molecule has 0 aliphatic carbocycles. The van der Waals surface area contributed by atoms with Gasteiger partial charge >= 0.3 is 6.18 Å². The minimum absolute atomic E-state index is 0.131. The van der Waals surface area contributed by atoms with Crippen molar-refractivity contribution in [3.63, 3.8) is 0 Å². The van der Waals surface area contributed by atoms with Crippen molar-refractivity contribution in [2.75, 3.05) is 10.6 Å². The third-order valence-electron chi connectivity index (χ3n) is 3.77. The molecule has 0 saturated heterocycles. The summed E-state index contributed by atoms with van der Waals surface area (Å²) in [6.45, 7) is 0.733. The Bertz CT molecular complexity index is 1060. The summed E-state index contributed by atoms with van der Waals surface area (Å²) in [6, 6.07) is 10.4. The number of carbonyl (C=O) groups is 2. The molecule has 6 nitrogen and oxygen atoms in total. The van der Waals surface area contributed by atoms with Crippen LogP contribution in [0.1, 0.15) is 12.7 Å². The summed E-state index contributed by atoms with van der Waals surface area (Å²) in [6.07, 6.45) is -4.71. The Morgan fingerprint density at radius 2 is 1.86 bits per heavy atom. The van der Waals surface area contributed by atoms with Gasteiger partial charge in [0.05, 0.1) is 21.7 Å². The molecule has 3 aromatic rings. The maximum atomic E-state index is 13.3. The maximum Gasteiger partial charge on any atom is 0.449 e. The number of amides is 2. The molecule has 0 saturated carbocycles. The number of halogens is 4. The number of carbonyl (C=O) groups excluding carboxylic acids is 2. The first-order valence-electron chi connectivity index (χ1n) is 8.04. The summed E-state index contributed by atoms with van der Waals surface area (Å²) < 4.78 is 40.7. The standard InChI is InChI=1S/C18H14ClF3N4O2/c1-10(27)23-11-6-7-13(12(19)8-11)24-16(28)9-26-15-5-3-2-4-14(15)25-17(26)18(20,21)22/h2-8H,9H2,1H3,(H,23,27)(H,24,28). The number of alkyl halides is 3. The Labute approximate surface area is 162 Å². The molecule has 0 aliphatic rings. The van der Waals surface area contributed by atoms with Gasteiger partial charge in [0.25, 0.3) is 0 Å². The molecular weight excluding hydrogens is 397 g/mol. The van der Waals surface area contributed by atoms with E-state index in [1.54, 1.807) is 12.1 Å². The lowest BCUT2D eigenvalue weighted by Gasteiger charge is -2.13. The van der Waals surface area contributed by atoms with Crippen molar-refractivity contribution in [1.29, 1.82) is 0 Å². The normalized spacial score (nSPS) is 11.5. The lowest BCUT2D eigenvalue weighted by molar-refractivity contribution is -0.147. The number of aromatic nitrogens is 2. The molecular formula is C18H14ClF3N4O2. The lowest BCUT2D eigenvalue weighted by atomic mass is 10.2. The van der Waals surface area contributed by atoms with E-state index in [4.69, 9.17) is 11.6 Å². The van der Waals surface area contributed by atoms with E-state index in [9.17, 15) is 22.8 Å². The third kappa shape index (κ3) is 4.25. The highest BCUT2D eigenvalue weighted by atomic mass is 35.5. The van der Waals surface area contributed by atoms with Crippen molar-refractivity contribution >= 4 is 45.8 Å². The van der Waals surface area contributed by atoms with Gasteiger partial charge in [-0.15, -0.1) is 0 Å². The monoisotopic (exact) mass is 410 g/mol. The van der Waals surface area contributed by atoms with Crippen LogP contribution in [-0.4, -0.2) is 21.4 Å². The number of hydrogen-bond donors (Lipinski definition) is 2. The number of anilines is 2. The fourth-order valence-corrected chi connectivity index (χ4v) is 2.91. The van der Waals surface area contributed by atoms with Gasteiger partial charge in [-0.3, -0.25) is 9.59 Å². The quantitative estimate of drug-likeness (QED) is 0.673. The lowest BCUT2D eigenvalue weighted by Crippen LogP contribution is -2.23. The van der Waals surface area contributed by atoms with E-state index in [0.29, 0.717) is 5.69 Å². The van der Waals surface area contributed by atoms with E-state index in [2.05, 4.69) is 15.6 Å². The molecule has 0 unspecified atom stereocenters. The smallest absolute Gasteiger partial charge is 0.326 e.